The van der Waals surface area contributed by atoms with Crippen molar-refractivity contribution >= 4 is 36.3 Å². The van der Waals surface area contributed by atoms with Gasteiger partial charge in [0.05, 0.1) is 11.0 Å². The molecule has 0 fully saturated rings. The van der Waals surface area contributed by atoms with Crippen molar-refractivity contribution in [1.82, 2.24) is 9.13 Å². The Labute approximate surface area is 169 Å². The largest absolute Gasteiger partial charge is 0.329 e. The molecule has 5 heteroatoms. The third-order valence-electron chi connectivity index (χ3n) is 5.00. The normalized spacial score (nSPS) is 11.5. The summed E-state index contributed by atoms with van der Waals surface area (Å²) in [5, 5.41) is 0. The van der Waals surface area contributed by atoms with E-state index in [0.717, 1.165) is 48.5 Å². The zero-order chi connectivity index (χ0) is 18.6. The predicted octanol–water partition coefficient (Wildman–Crippen LogP) is 5.56. The minimum absolute atomic E-state index is 0.164. The summed E-state index contributed by atoms with van der Waals surface area (Å²) in [6, 6.07) is 8.24. The fraction of sp³-hybridized carbons (Fsp3) is 0.667. The zero-order valence-electron chi connectivity index (χ0n) is 15.9. The van der Waals surface area contributed by atoms with Gasteiger partial charge in [0.15, 0.2) is 0 Å². The number of nitrogens with zero attached hydrogens (tertiary/aromatic N) is 2. The average molecular weight is 395 g/mol. The molecule has 2 aromatic rings. The highest BCUT2D eigenvalue weighted by Crippen LogP contribution is 2.15. The molecule has 0 aliphatic rings. The predicted molar refractivity (Wildman–Crippen MR) is 120 cm³/mol. The van der Waals surface area contributed by atoms with Crippen molar-refractivity contribution in [3.8, 4) is 0 Å². The smallest absolute Gasteiger partial charge is 0.292 e. The van der Waals surface area contributed by atoms with Crippen molar-refractivity contribution in [3.05, 3.63) is 34.7 Å². The summed E-state index contributed by atoms with van der Waals surface area (Å²) in [5.74, 6) is 1.95. The number of benzene rings is 1. The number of hydrogen-bond donors (Lipinski definition) is 2. The van der Waals surface area contributed by atoms with Gasteiger partial charge in [0, 0.05) is 13.1 Å². The minimum Gasteiger partial charge on any atom is -0.292 e. The van der Waals surface area contributed by atoms with E-state index in [-0.39, 0.29) is 5.69 Å². The van der Waals surface area contributed by atoms with Crippen LogP contribution < -0.4 is 5.69 Å². The first-order valence-electron chi connectivity index (χ1n) is 10.2. The topological polar surface area (TPSA) is 26.9 Å². The van der Waals surface area contributed by atoms with Crippen molar-refractivity contribution in [1.29, 1.82) is 0 Å². The van der Waals surface area contributed by atoms with Gasteiger partial charge in [-0.05, 0) is 49.3 Å². The third-order valence-corrected chi connectivity index (χ3v) is 5.64. The summed E-state index contributed by atoms with van der Waals surface area (Å²) < 4.78 is 3.96. The lowest BCUT2D eigenvalue weighted by Crippen LogP contribution is -2.24. The van der Waals surface area contributed by atoms with E-state index in [2.05, 4.69) is 37.4 Å². The molecule has 2 rings (SSSR count). The van der Waals surface area contributed by atoms with E-state index in [1.807, 2.05) is 21.3 Å². The Hall–Kier alpha value is -0.810. The molecule has 0 aliphatic heterocycles. The molecule has 26 heavy (non-hydrogen) atoms. The quantitative estimate of drug-likeness (QED) is 0.318. The second-order valence-electron chi connectivity index (χ2n) is 7.06. The Morgan fingerprint density at radius 3 is 1.42 bits per heavy atom. The monoisotopic (exact) mass is 394 g/mol. The van der Waals surface area contributed by atoms with Crippen LogP contribution in [0, 0.1) is 0 Å². The minimum atomic E-state index is 0.164. The van der Waals surface area contributed by atoms with Gasteiger partial charge in [0.25, 0.3) is 0 Å². The summed E-state index contributed by atoms with van der Waals surface area (Å²) in [6.45, 7) is 1.66. The molecule has 0 amide bonds. The van der Waals surface area contributed by atoms with Crippen LogP contribution in [0.2, 0.25) is 0 Å². The van der Waals surface area contributed by atoms with E-state index in [1.54, 1.807) is 0 Å². The van der Waals surface area contributed by atoms with Crippen LogP contribution in [-0.2, 0) is 13.1 Å². The highest BCUT2D eigenvalue weighted by Gasteiger charge is 2.12. The van der Waals surface area contributed by atoms with E-state index in [0.29, 0.717) is 0 Å². The summed E-state index contributed by atoms with van der Waals surface area (Å²) in [5.41, 5.74) is 2.34. The maximum atomic E-state index is 12.9. The van der Waals surface area contributed by atoms with Gasteiger partial charge in [-0.2, -0.15) is 25.3 Å². The number of rotatable bonds is 14. The van der Waals surface area contributed by atoms with Gasteiger partial charge in [-0.15, -0.1) is 0 Å². The van der Waals surface area contributed by atoms with E-state index in [9.17, 15) is 4.79 Å². The van der Waals surface area contributed by atoms with Gasteiger partial charge in [-0.1, -0.05) is 50.7 Å². The highest BCUT2D eigenvalue weighted by molar-refractivity contribution is 7.80. The van der Waals surface area contributed by atoms with E-state index in [4.69, 9.17) is 0 Å². The maximum Gasteiger partial charge on any atom is 0.329 e. The first-order chi connectivity index (χ1) is 12.8. The Bertz CT molecular complexity index is 637. The first kappa shape index (κ1) is 21.5. The zero-order valence-corrected chi connectivity index (χ0v) is 17.7. The number of unbranched alkanes of at least 4 members (excludes halogenated alkanes) is 8. The molecule has 0 N–H and O–H groups in total. The third kappa shape index (κ3) is 6.41. The number of thiol groups is 2. The van der Waals surface area contributed by atoms with Crippen LogP contribution in [0.5, 0.6) is 0 Å². The molecule has 0 spiro atoms. The maximum absolute atomic E-state index is 12.9. The van der Waals surface area contributed by atoms with Crippen LogP contribution in [0.3, 0.4) is 0 Å². The molecule has 0 unspecified atom stereocenters. The van der Waals surface area contributed by atoms with Gasteiger partial charge >= 0.3 is 5.69 Å². The molecular weight excluding hydrogens is 360 g/mol. The van der Waals surface area contributed by atoms with E-state index >= 15 is 0 Å². The van der Waals surface area contributed by atoms with E-state index in [1.165, 1.54) is 51.4 Å². The fourth-order valence-electron chi connectivity index (χ4n) is 3.53. The number of aryl methyl sites for hydroxylation is 2. The SMILES string of the molecule is O=c1n(CCCCCCCS)c2ccccc2n1CCCCCCCS. The van der Waals surface area contributed by atoms with E-state index < -0.39 is 0 Å². The Morgan fingerprint density at radius 2 is 1.00 bits per heavy atom. The number of fused-ring (bicyclic) bond motifs is 1. The molecule has 1 aromatic carbocycles. The summed E-state index contributed by atoms with van der Waals surface area (Å²) >= 11 is 8.52. The van der Waals surface area contributed by atoms with Gasteiger partial charge < -0.3 is 0 Å². The molecule has 3 nitrogen and oxygen atoms in total. The van der Waals surface area contributed by atoms with Crippen molar-refractivity contribution in [3.63, 3.8) is 0 Å². The van der Waals surface area contributed by atoms with Crippen molar-refractivity contribution in [2.75, 3.05) is 11.5 Å². The van der Waals surface area contributed by atoms with Crippen LogP contribution >= 0.6 is 25.3 Å². The lowest BCUT2D eigenvalue weighted by Gasteiger charge is -2.04. The molecular formula is C21H34N2OS2. The number of para-hydroxylation sites is 2. The molecule has 0 atom stereocenters. The van der Waals surface area contributed by atoms with Gasteiger partial charge in [0.1, 0.15) is 0 Å². The van der Waals surface area contributed by atoms with Crippen molar-refractivity contribution in [2.24, 2.45) is 0 Å². The fourth-order valence-corrected chi connectivity index (χ4v) is 3.98. The average Bonchev–Trinajstić information content (AvgIpc) is 2.93. The summed E-state index contributed by atoms with van der Waals surface area (Å²) in [4.78, 5) is 12.9. The number of imidazole rings is 1. The second kappa shape index (κ2) is 12.6. The molecule has 146 valence electrons. The second-order valence-corrected chi connectivity index (χ2v) is 7.95. The van der Waals surface area contributed by atoms with Crippen molar-refractivity contribution in [2.45, 2.75) is 77.3 Å². The van der Waals surface area contributed by atoms with Crippen LogP contribution in [0.1, 0.15) is 64.2 Å². The van der Waals surface area contributed by atoms with Crippen LogP contribution in [0.25, 0.3) is 11.0 Å². The van der Waals surface area contributed by atoms with Crippen molar-refractivity contribution < 1.29 is 0 Å². The highest BCUT2D eigenvalue weighted by atomic mass is 32.1. The number of hydrogen-bond acceptors (Lipinski definition) is 3. The molecule has 1 heterocycles. The lowest BCUT2D eigenvalue weighted by molar-refractivity contribution is 0.534. The Kier molecular flexibility index (Phi) is 10.4. The van der Waals surface area contributed by atoms with Crippen LogP contribution in [0.4, 0.5) is 0 Å². The number of aromatic nitrogens is 2. The summed E-state index contributed by atoms with van der Waals surface area (Å²) in [7, 11) is 0. The Morgan fingerprint density at radius 1 is 0.615 bits per heavy atom. The summed E-state index contributed by atoms with van der Waals surface area (Å²) in [6.07, 6.45) is 11.9. The van der Waals surface area contributed by atoms with Gasteiger partial charge in [0.2, 0.25) is 0 Å². The molecule has 0 radical (unpaired) electrons. The lowest BCUT2D eigenvalue weighted by atomic mass is 10.1. The van der Waals surface area contributed by atoms with Crippen LogP contribution in [-0.4, -0.2) is 20.6 Å². The first-order valence-corrected chi connectivity index (χ1v) is 11.5. The molecule has 0 aliphatic carbocycles. The Balaban J connectivity index is 1.95. The molecule has 0 saturated carbocycles. The van der Waals surface area contributed by atoms with Crippen LogP contribution in [0.15, 0.2) is 29.1 Å². The molecule has 0 saturated heterocycles. The van der Waals surface area contributed by atoms with Gasteiger partial charge in [-0.3, -0.25) is 9.13 Å². The standard InChI is InChI=1S/C21H34N2OS2/c24-21-22(15-9-3-1-5-11-17-25)19-13-7-8-14-20(19)23(21)16-10-4-2-6-12-18-26/h7-8,13-14,25-26H,1-6,9-12,15-18H2. The molecule has 1 aromatic heterocycles. The van der Waals surface area contributed by atoms with Gasteiger partial charge in [-0.25, -0.2) is 4.79 Å². The molecule has 0 bridgehead atoms.